The SMILES string of the molecule is Fc1ccc(CNCCOc2cccc(Br)c2)cc1F. The summed E-state index contributed by atoms with van der Waals surface area (Å²) in [7, 11) is 0. The van der Waals surface area contributed by atoms with Crippen LogP contribution in [-0.4, -0.2) is 13.2 Å². The summed E-state index contributed by atoms with van der Waals surface area (Å²) < 4.78 is 32.2. The van der Waals surface area contributed by atoms with Crippen LogP contribution in [0.4, 0.5) is 8.78 Å². The molecule has 5 heteroatoms. The molecule has 0 bridgehead atoms. The molecule has 0 atom stereocenters. The minimum atomic E-state index is -0.827. The van der Waals surface area contributed by atoms with Crippen LogP contribution >= 0.6 is 15.9 Å². The largest absolute Gasteiger partial charge is 0.492 e. The summed E-state index contributed by atoms with van der Waals surface area (Å²) in [6.45, 7) is 1.59. The zero-order valence-electron chi connectivity index (χ0n) is 10.7. The first-order valence-corrected chi connectivity index (χ1v) is 6.97. The van der Waals surface area contributed by atoms with E-state index in [0.717, 1.165) is 16.3 Å². The lowest BCUT2D eigenvalue weighted by Gasteiger charge is -2.08. The van der Waals surface area contributed by atoms with Crippen molar-refractivity contribution in [2.75, 3.05) is 13.2 Å². The van der Waals surface area contributed by atoms with Crippen molar-refractivity contribution in [3.63, 3.8) is 0 Å². The number of ether oxygens (including phenoxy) is 1. The maximum atomic E-state index is 13.0. The van der Waals surface area contributed by atoms with Gasteiger partial charge >= 0.3 is 0 Å². The fourth-order valence-electron chi connectivity index (χ4n) is 1.68. The van der Waals surface area contributed by atoms with Crippen molar-refractivity contribution in [1.82, 2.24) is 5.32 Å². The van der Waals surface area contributed by atoms with Crippen LogP contribution in [0.3, 0.4) is 0 Å². The fraction of sp³-hybridized carbons (Fsp3) is 0.200. The van der Waals surface area contributed by atoms with E-state index in [2.05, 4.69) is 21.2 Å². The predicted molar refractivity (Wildman–Crippen MR) is 77.7 cm³/mol. The average molecular weight is 342 g/mol. The van der Waals surface area contributed by atoms with Crippen molar-refractivity contribution < 1.29 is 13.5 Å². The second-order valence-electron chi connectivity index (χ2n) is 4.23. The van der Waals surface area contributed by atoms with E-state index in [4.69, 9.17) is 4.74 Å². The molecule has 0 aromatic heterocycles. The van der Waals surface area contributed by atoms with Gasteiger partial charge in [-0.15, -0.1) is 0 Å². The monoisotopic (exact) mass is 341 g/mol. The first kappa shape index (κ1) is 14.9. The van der Waals surface area contributed by atoms with Gasteiger partial charge in [0, 0.05) is 17.6 Å². The summed E-state index contributed by atoms with van der Waals surface area (Å²) in [5.41, 5.74) is 0.700. The quantitative estimate of drug-likeness (QED) is 0.804. The molecule has 0 fully saturated rings. The molecule has 0 aliphatic carbocycles. The van der Waals surface area contributed by atoms with Crippen LogP contribution in [0.25, 0.3) is 0 Å². The van der Waals surface area contributed by atoms with Crippen LogP contribution in [0.2, 0.25) is 0 Å². The minimum absolute atomic E-state index is 0.471. The van der Waals surface area contributed by atoms with Gasteiger partial charge in [-0.2, -0.15) is 0 Å². The molecule has 2 aromatic rings. The molecule has 106 valence electrons. The summed E-state index contributed by atoms with van der Waals surface area (Å²) in [4.78, 5) is 0. The molecular formula is C15H14BrF2NO. The highest BCUT2D eigenvalue weighted by Gasteiger charge is 2.02. The lowest BCUT2D eigenvalue weighted by atomic mass is 10.2. The van der Waals surface area contributed by atoms with E-state index in [-0.39, 0.29) is 0 Å². The molecule has 20 heavy (non-hydrogen) atoms. The van der Waals surface area contributed by atoms with Crippen molar-refractivity contribution in [3.05, 3.63) is 64.1 Å². The van der Waals surface area contributed by atoms with Crippen molar-refractivity contribution in [1.29, 1.82) is 0 Å². The highest BCUT2D eigenvalue weighted by atomic mass is 79.9. The van der Waals surface area contributed by atoms with E-state index in [0.29, 0.717) is 25.3 Å². The maximum absolute atomic E-state index is 13.0. The van der Waals surface area contributed by atoms with E-state index < -0.39 is 11.6 Å². The molecule has 0 saturated carbocycles. The van der Waals surface area contributed by atoms with E-state index in [1.54, 1.807) is 6.07 Å². The topological polar surface area (TPSA) is 21.3 Å². The number of hydrogen-bond acceptors (Lipinski definition) is 2. The van der Waals surface area contributed by atoms with Crippen molar-refractivity contribution in [2.24, 2.45) is 0 Å². The van der Waals surface area contributed by atoms with E-state index >= 15 is 0 Å². The molecular weight excluding hydrogens is 328 g/mol. The number of nitrogens with one attached hydrogen (secondary N) is 1. The molecule has 0 spiro atoms. The molecule has 0 unspecified atom stereocenters. The van der Waals surface area contributed by atoms with E-state index in [1.165, 1.54) is 6.07 Å². The molecule has 2 nitrogen and oxygen atoms in total. The van der Waals surface area contributed by atoms with Gasteiger partial charge in [-0.3, -0.25) is 0 Å². The third kappa shape index (κ3) is 4.58. The van der Waals surface area contributed by atoms with Crippen LogP contribution in [0.5, 0.6) is 5.75 Å². The Hall–Kier alpha value is -1.46. The third-order valence-electron chi connectivity index (χ3n) is 2.66. The summed E-state index contributed by atoms with van der Waals surface area (Å²) in [5.74, 6) is -0.865. The highest BCUT2D eigenvalue weighted by molar-refractivity contribution is 9.10. The average Bonchev–Trinajstić information content (AvgIpc) is 2.42. The van der Waals surface area contributed by atoms with Gasteiger partial charge in [-0.05, 0) is 35.9 Å². The third-order valence-corrected chi connectivity index (χ3v) is 3.15. The van der Waals surface area contributed by atoms with Gasteiger partial charge < -0.3 is 10.1 Å². The Balaban J connectivity index is 1.70. The zero-order chi connectivity index (χ0) is 14.4. The van der Waals surface area contributed by atoms with Gasteiger partial charge in [0.15, 0.2) is 11.6 Å². The van der Waals surface area contributed by atoms with Crippen molar-refractivity contribution in [2.45, 2.75) is 6.54 Å². The molecule has 0 heterocycles. The van der Waals surface area contributed by atoms with Crippen LogP contribution in [0.1, 0.15) is 5.56 Å². The van der Waals surface area contributed by atoms with Gasteiger partial charge in [0.05, 0.1) is 0 Å². The maximum Gasteiger partial charge on any atom is 0.159 e. The van der Waals surface area contributed by atoms with E-state index in [1.807, 2.05) is 24.3 Å². The first-order chi connectivity index (χ1) is 9.65. The Bertz CT molecular complexity index is 578. The Labute approximate surface area is 124 Å². The summed E-state index contributed by atoms with van der Waals surface area (Å²) in [6, 6.07) is 11.5. The molecule has 0 radical (unpaired) electrons. The number of rotatable bonds is 6. The fourth-order valence-corrected chi connectivity index (χ4v) is 2.06. The number of hydrogen-bond donors (Lipinski definition) is 1. The Morgan fingerprint density at radius 3 is 2.65 bits per heavy atom. The van der Waals surface area contributed by atoms with Gasteiger partial charge in [0.2, 0.25) is 0 Å². The molecule has 0 aliphatic rings. The van der Waals surface area contributed by atoms with Crippen molar-refractivity contribution in [3.8, 4) is 5.75 Å². The highest BCUT2D eigenvalue weighted by Crippen LogP contribution is 2.17. The minimum Gasteiger partial charge on any atom is -0.492 e. The smallest absolute Gasteiger partial charge is 0.159 e. The lowest BCUT2D eigenvalue weighted by Crippen LogP contribution is -2.20. The molecule has 2 rings (SSSR count). The summed E-state index contributed by atoms with van der Waals surface area (Å²) in [6.07, 6.45) is 0. The number of halogens is 3. The van der Waals surface area contributed by atoms with Crippen molar-refractivity contribution >= 4 is 15.9 Å². The molecule has 0 saturated heterocycles. The lowest BCUT2D eigenvalue weighted by molar-refractivity contribution is 0.313. The van der Waals surface area contributed by atoms with Crippen LogP contribution in [-0.2, 0) is 6.54 Å². The molecule has 2 aromatic carbocycles. The van der Waals surface area contributed by atoms with Crippen LogP contribution < -0.4 is 10.1 Å². The van der Waals surface area contributed by atoms with Gasteiger partial charge in [-0.1, -0.05) is 28.1 Å². The van der Waals surface area contributed by atoms with Gasteiger partial charge in [-0.25, -0.2) is 8.78 Å². The Morgan fingerprint density at radius 1 is 1.05 bits per heavy atom. The molecule has 0 amide bonds. The Morgan fingerprint density at radius 2 is 1.90 bits per heavy atom. The first-order valence-electron chi connectivity index (χ1n) is 6.18. The molecule has 0 aliphatic heterocycles. The Kier molecular flexibility index (Phi) is 5.49. The summed E-state index contributed by atoms with van der Waals surface area (Å²) >= 11 is 3.37. The van der Waals surface area contributed by atoms with Gasteiger partial charge in [0.25, 0.3) is 0 Å². The standard InChI is InChI=1S/C15H14BrF2NO/c16-12-2-1-3-13(9-12)20-7-6-19-10-11-4-5-14(17)15(18)8-11/h1-5,8-9,19H,6-7,10H2. The zero-order valence-corrected chi connectivity index (χ0v) is 12.3. The summed E-state index contributed by atoms with van der Waals surface area (Å²) in [5, 5.41) is 3.11. The van der Waals surface area contributed by atoms with Gasteiger partial charge in [0.1, 0.15) is 12.4 Å². The predicted octanol–water partition coefficient (Wildman–Crippen LogP) is 3.90. The normalized spacial score (nSPS) is 10.6. The second kappa shape index (κ2) is 7.36. The second-order valence-corrected chi connectivity index (χ2v) is 5.15. The number of benzene rings is 2. The van der Waals surface area contributed by atoms with Crippen LogP contribution in [0, 0.1) is 11.6 Å². The molecule has 1 N–H and O–H groups in total. The van der Waals surface area contributed by atoms with Crippen LogP contribution in [0.15, 0.2) is 46.9 Å². The van der Waals surface area contributed by atoms with E-state index in [9.17, 15) is 8.78 Å².